The Morgan fingerprint density at radius 1 is 0.765 bits per heavy atom. The lowest BCUT2D eigenvalue weighted by Gasteiger charge is -2.24. The third-order valence-electron chi connectivity index (χ3n) is 2.93. The molecule has 0 aromatic heterocycles. The lowest BCUT2D eigenvalue weighted by atomic mass is 10.1. The fourth-order valence-electron chi connectivity index (χ4n) is 2.09. The molecule has 1 nitrogen and oxygen atoms in total. The maximum Gasteiger partial charge on any atom is 0.0579 e. The monoisotopic (exact) mass is 282 g/mol. The first kappa shape index (κ1) is 17.5. The average Bonchev–Trinajstić information content (AvgIpc) is 2.33. The third-order valence-corrected chi connectivity index (χ3v) is 3.46. The van der Waals surface area contributed by atoms with Crippen molar-refractivity contribution in [1.82, 2.24) is 0 Å². The predicted octanol–water partition coefficient (Wildman–Crippen LogP) is 5.38. The van der Waals surface area contributed by atoms with E-state index in [0.717, 1.165) is 50.3 Å². The summed E-state index contributed by atoms with van der Waals surface area (Å²) >= 11 is 11.5. The number of alkyl halides is 2. The molecule has 0 saturated heterocycles. The molecule has 104 valence electrons. The fraction of sp³-hybridized carbons (Fsp3) is 1.00. The molecule has 0 spiro atoms. The molecular weight excluding hydrogens is 255 g/mol. The van der Waals surface area contributed by atoms with Gasteiger partial charge in [-0.3, -0.25) is 0 Å². The molecule has 17 heavy (non-hydrogen) atoms. The van der Waals surface area contributed by atoms with E-state index >= 15 is 0 Å². The summed E-state index contributed by atoms with van der Waals surface area (Å²) in [5, 5.41) is 0. The largest absolute Gasteiger partial charge is 0.375 e. The Morgan fingerprint density at radius 3 is 1.47 bits per heavy atom. The molecule has 0 aliphatic carbocycles. The van der Waals surface area contributed by atoms with Gasteiger partial charge in [-0.2, -0.15) is 0 Å². The highest BCUT2D eigenvalue weighted by Crippen LogP contribution is 2.18. The molecule has 0 heterocycles. The SMILES string of the molecule is CCCC(CCCCl)OC(CCC)CCCCl. The van der Waals surface area contributed by atoms with Gasteiger partial charge in [0.1, 0.15) is 0 Å². The second-order valence-electron chi connectivity index (χ2n) is 4.62. The van der Waals surface area contributed by atoms with Crippen molar-refractivity contribution in [3.63, 3.8) is 0 Å². The number of ether oxygens (including phenoxy) is 1. The van der Waals surface area contributed by atoms with E-state index < -0.39 is 0 Å². The minimum Gasteiger partial charge on any atom is -0.375 e. The van der Waals surface area contributed by atoms with E-state index in [1.807, 2.05) is 0 Å². The molecule has 2 unspecified atom stereocenters. The Morgan fingerprint density at radius 2 is 1.18 bits per heavy atom. The van der Waals surface area contributed by atoms with Crippen molar-refractivity contribution in [2.24, 2.45) is 0 Å². The first-order valence-corrected chi connectivity index (χ1v) is 8.12. The molecule has 0 aromatic carbocycles. The molecule has 0 amide bonds. The van der Waals surface area contributed by atoms with Crippen LogP contribution >= 0.6 is 23.2 Å². The smallest absolute Gasteiger partial charge is 0.0579 e. The summed E-state index contributed by atoms with van der Waals surface area (Å²) < 4.78 is 6.22. The van der Waals surface area contributed by atoms with E-state index in [1.54, 1.807) is 0 Å². The van der Waals surface area contributed by atoms with E-state index in [2.05, 4.69) is 13.8 Å². The summed E-state index contributed by atoms with van der Waals surface area (Å²) in [6, 6.07) is 0. The lowest BCUT2D eigenvalue weighted by molar-refractivity contribution is -0.0291. The molecule has 0 fully saturated rings. The maximum absolute atomic E-state index is 6.22. The number of hydrogen-bond acceptors (Lipinski definition) is 1. The van der Waals surface area contributed by atoms with E-state index in [0.29, 0.717) is 12.2 Å². The highest BCUT2D eigenvalue weighted by molar-refractivity contribution is 6.18. The summed E-state index contributed by atoms with van der Waals surface area (Å²) in [5.41, 5.74) is 0. The summed E-state index contributed by atoms with van der Waals surface area (Å²) in [5.74, 6) is 1.48. The lowest BCUT2D eigenvalue weighted by Crippen LogP contribution is -2.22. The van der Waals surface area contributed by atoms with Gasteiger partial charge in [-0.05, 0) is 38.5 Å². The minimum absolute atomic E-state index is 0.394. The molecular formula is C14H28Cl2O. The van der Waals surface area contributed by atoms with Crippen LogP contribution in [0.3, 0.4) is 0 Å². The highest BCUT2D eigenvalue weighted by atomic mass is 35.5. The second-order valence-corrected chi connectivity index (χ2v) is 5.38. The topological polar surface area (TPSA) is 9.23 Å². The van der Waals surface area contributed by atoms with E-state index in [9.17, 15) is 0 Å². The zero-order valence-electron chi connectivity index (χ0n) is 11.4. The molecule has 0 rings (SSSR count). The van der Waals surface area contributed by atoms with Gasteiger partial charge in [0.05, 0.1) is 12.2 Å². The van der Waals surface area contributed by atoms with Gasteiger partial charge in [-0.25, -0.2) is 0 Å². The Hall–Kier alpha value is 0.540. The molecule has 0 radical (unpaired) electrons. The Labute approximate surface area is 117 Å². The van der Waals surface area contributed by atoms with Gasteiger partial charge >= 0.3 is 0 Å². The maximum atomic E-state index is 6.22. The first-order valence-electron chi connectivity index (χ1n) is 7.05. The normalized spacial score (nSPS) is 14.8. The predicted molar refractivity (Wildman–Crippen MR) is 78.4 cm³/mol. The summed E-state index contributed by atoms with van der Waals surface area (Å²) in [6.07, 6.45) is 9.76. The number of halogens is 2. The zero-order chi connectivity index (χ0) is 12.9. The van der Waals surface area contributed by atoms with Gasteiger partial charge in [0.2, 0.25) is 0 Å². The van der Waals surface area contributed by atoms with E-state index in [1.165, 1.54) is 12.8 Å². The third kappa shape index (κ3) is 10.2. The summed E-state index contributed by atoms with van der Waals surface area (Å²) in [7, 11) is 0. The van der Waals surface area contributed by atoms with Crippen LogP contribution in [0.2, 0.25) is 0 Å². The van der Waals surface area contributed by atoms with Crippen LogP contribution in [0.5, 0.6) is 0 Å². The average molecular weight is 283 g/mol. The van der Waals surface area contributed by atoms with Crippen molar-refractivity contribution in [2.75, 3.05) is 11.8 Å². The van der Waals surface area contributed by atoms with Gasteiger partial charge in [0.15, 0.2) is 0 Å². The zero-order valence-corrected chi connectivity index (χ0v) is 12.9. The van der Waals surface area contributed by atoms with Gasteiger partial charge in [-0.15, -0.1) is 23.2 Å². The molecule has 3 heteroatoms. The van der Waals surface area contributed by atoms with E-state index in [-0.39, 0.29) is 0 Å². The molecule has 0 N–H and O–H groups in total. The van der Waals surface area contributed by atoms with Crippen molar-refractivity contribution >= 4 is 23.2 Å². The number of rotatable bonds is 12. The number of hydrogen-bond donors (Lipinski definition) is 0. The Bertz CT molecular complexity index is 137. The summed E-state index contributed by atoms with van der Waals surface area (Å²) in [6.45, 7) is 4.43. The quantitative estimate of drug-likeness (QED) is 0.437. The van der Waals surface area contributed by atoms with Crippen LogP contribution in [0.1, 0.15) is 65.2 Å². The van der Waals surface area contributed by atoms with Crippen LogP contribution in [0.4, 0.5) is 0 Å². The van der Waals surface area contributed by atoms with Crippen molar-refractivity contribution in [2.45, 2.75) is 77.4 Å². The van der Waals surface area contributed by atoms with Crippen molar-refractivity contribution < 1.29 is 4.74 Å². The van der Waals surface area contributed by atoms with E-state index in [4.69, 9.17) is 27.9 Å². The van der Waals surface area contributed by atoms with Crippen molar-refractivity contribution in [1.29, 1.82) is 0 Å². The van der Waals surface area contributed by atoms with Crippen molar-refractivity contribution in [3.8, 4) is 0 Å². The Balaban J connectivity index is 4.02. The Kier molecular flexibility index (Phi) is 13.4. The highest BCUT2D eigenvalue weighted by Gasteiger charge is 2.15. The minimum atomic E-state index is 0.394. The first-order chi connectivity index (χ1) is 8.28. The fourth-order valence-corrected chi connectivity index (χ4v) is 2.40. The van der Waals surface area contributed by atoms with Crippen molar-refractivity contribution in [3.05, 3.63) is 0 Å². The molecule has 0 aliphatic heterocycles. The van der Waals surface area contributed by atoms with Crippen LogP contribution in [0.25, 0.3) is 0 Å². The van der Waals surface area contributed by atoms with Gasteiger partial charge in [0.25, 0.3) is 0 Å². The molecule has 0 aromatic rings. The standard InChI is InChI=1S/C14H28Cl2O/c1-3-7-13(9-5-11-15)17-14(8-4-2)10-6-12-16/h13-14H,3-12H2,1-2H3. The van der Waals surface area contributed by atoms with Gasteiger partial charge in [-0.1, -0.05) is 26.7 Å². The van der Waals surface area contributed by atoms with Crippen LogP contribution in [-0.4, -0.2) is 24.0 Å². The molecule has 0 saturated carbocycles. The van der Waals surface area contributed by atoms with Crippen LogP contribution in [-0.2, 0) is 4.74 Å². The summed E-state index contributed by atoms with van der Waals surface area (Å²) in [4.78, 5) is 0. The molecule has 2 atom stereocenters. The van der Waals surface area contributed by atoms with Gasteiger partial charge < -0.3 is 4.74 Å². The van der Waals surface area contributed by atoms with Crippen LogP contribution in [0.15, 0.2) is 0 Å². The van der Waals surface area contributed by atoms with Gasteiger partial charge in [0, 0.05) is 11.8 Å². The second kappa shape index (κ2) is 13.0. The van der Waals surface area contributed by atoms with Crippen LogP contribution in [0, 0.1) is 0 Å². The molecule has 0 aliphatic rings. The van der Waals surface area contributed by atoms with Crippen LogP contribution < -0.4 is 0 Å². The molecule has 0 bridgehead atoms.